The van der Waals surface area contributed by atoms with Crippen molar-refractivity contribution in [1.29, 1.82) is 0 Å². The summed E-state index contributed by atoms with van der Waals surface area (Å²) in [6.45, 7) is 4.18. The van der Waals surface area contributed by atoms with Crippen LogP contribution < -0.4 is 4.74 Å². The molecule has 0 aliphatic rings. The first-order valence-electron chi connectivity index (χ1n) is 6.72. The lowest BCUT2D eigenvalue weighted by atomic mass is 9.98. The fourth-order valence-electron chi connectivity index (χ4n) is 1.90. The third kappa shape index (κ3) is 3.18. The summed E-state index contributed by atoms with van der Waals surface area (Å²) in [5, 5.41) is 9.95. The highest BCUT2D eigenvalue weighted by atomic mass is 16.5. The van der Waals surface area contributed by atoms with E-state index in [1.807, 2.05) is 12.1 Å². The zero-order valence-electron chi connectivity index (χ0n) is 11.7. The lowest BCUT2D eigenvalue weighted by Crippen LogP contribution is -2.08. The van der Waals surface area contributed by atoms with Gasteiger partial charge in [0.05, 0.1) is 5.56 Å². The second kappa shape index (κ2) is 6.24. The average Bonchev–Trinajstić information content (AvgIpc) is 2.49. The molecule has 104 valence electrons. The normalized spacial score (nSPS) is 11.9. The van der Waals surface area contributed by atoms with Crippen molar-refractivity contribution < 1.29 is 14.6 Å². The van der Waals surface area contributed by atoms with Gasteiger partial charge in [-0.15, -0.1) is 0 Å². The average molecular weight is 270 g/mol. The van der Waals surface area contributed by atoms with Gasteiger partial charge in [0, 0.05) is 0 Å². The molecule has 0 fully saturated rings. The molecule has 3 nitrogen and oxygen atoms in total. The maximum absolute atomic E-state index is 11.9. The van der Waals surface area contributed by atoms with Crippen LogP contribution in [0.3, 0.4) is 0 Å². The molecular formula is C17H18O3. The highest BCUT2D eigenvalue weighted by Crippen LogP contribution is 2.31. The number of hydrogen-bond donors (Lipinski definition) is 1. The van der Waals surface area contributed by atoms with E-state index in [1.54, 1.807) is 36.4 Å². The molecule has 20 heavy (non-hydrogen) atoms. The minimum atomic E-state index is -0.475. The van der Waals surface area contributed by atoms with E-state index in [0.717, 1.165) is 12.0 Å². The van der Waals surface area contributed by atoms with Crippen LogP contribution >= 0.6 is 0 Å². The third-order valence-electron chi connectivity index (χ3n) is 3.38. The second-order valence-electron chi connectivity index (χ2n) is 4.79. The number of ether oxygens (including phenoxy) is 1. The Labute approximate surface area is 118 Å². The summed E-state index contributed by atoms with van der Waals surface area (Å²) in [4.78, 5) is 11.9. The molecule has 0 aromatic heterocycles. The number of esters is 1. The van der Waals surface area contributed by atoms with E-state index in [9.17, 15) is 9.90 Å². The first-order chi connectivity index (χ1) is 9.61. The summed E-state index contributed by atoms with van der Waals surface area (Å²) in [5.74, 6) is 0.0648. The minimum absolute atomic E-state index is 0.00733. The highest BCUT2D eigenvalue weighted by molar-refractivity contribution is 5.91. The van der Waals surface area contributed by atoms with Crippen LogP contribution in [0, 0.1) is 0 Å². The number of benzene rings is 2. The van der Waals surface area contributed by atoms with Crippen LogP contribution in [0.15, 0.2) is 48.5 Å². The molecule has 3 heteroatoms. The number of rotatable bonds is 4. The smallest absolute Gasteiger partial charge is 0.343 e. The van der Waals surface area contributed by atoms with E-state index in [-0.39, 0.29) is 11.5 Å². The van der Waals surface area contributed by atoms with Gasteiger partial charge < -0.3 is 9.84 Å². The van der Waals surface area contributed by atoms with Crippen LogP contribution in [0.5, 0.6) is 11.5 Å². The molecule has 1 N–H and O–H groups in total. The molecule has 2 aromatic carbocycles. The Hall–Kier alpha value is -2.29. The summed E-state index contributed by atoms with van der Waals surface area (Å²) >= 11 is 0. The Bertz CT molecular complexity index is 590. The Morgan fingerprint density at radius 1 is 1.20 bits per heavy atom. The molecule has 0 saturated carbocycles. The molecule has 2 aromatic rings. The van der Waals surface area contributed by atoms with Crippen molar-refractivity contribution >= 4 is 5.97 Å². The van der Waals surface area contributed by atoms with Crippen LogP contribution in [-0.2, 0) is 0 Å². The lowest BCUT2D eigenvalue weighted by Gasteiger charge is -2.11. The summed E-state index contributed by atoms with van der Waals surface area (Å²) in [5.41, 5.74) is 1.49. The first-order valence-corrected chi connectivity index (χ1v) is 6.72. The van der Waals surface area contributed by atoms with Crippen molar-refractivity contribution in [2.24, 2.45) is 0 Å². The predicted octanol–water partition coefficient (Wildman–Crippen LogP) is 4.12. The summed E-state index contributed by atoms with van der Waals surface area (Å²) in [6.07, 6.45) is 0.989. The van der Waals surface area contributed by atoms with Crippen molar-refractivity contribution in [1.82, 2.24) is 0 Å². The van der Waals surface area contributed by atoms with Crippen molar-refractivity contribution in [3.8, 4) is 11.5 Å². The highest BCUT2D eigenvalue weighted by Gasteiger charge is 2.13. The van der Waals surface area contributed by atoms with Crippen LogP contribution in [0.25, 0.3) is 0 Å². The predicted molar refractivity (Wildman–Crippen MR) is 78.2 cm³/mol. The van der Waals surface area contributed by atoms with Crippen molar-refractivity contribution in [2.45, 2.75) is 26.2 Å². The van der Waals surface area contributed by atoms with Gasteiger partial charge in [-0.25, -0.2) is 4.79 Å². The molecule has 0 bridgehead atoms. The SMILES string of the molecule is CCC(C)c1ccc(OC(=O)c2ccccc2)c(O)c1. The van der Waals surface area contributed by atoms with Crippen LogP contribution in [0.2, 0.25) is 0 Å². The third-order valence-corrected chi connectivity index (χ3v) is 3.38. The van der Waals surface area contributed by atoms with Crippen molar-refractivity contribution in [3.63, 3.8) is 0 Å². The van der Waals surface area contributed by atoms with Gasteiger partial charge in [0.2, 0.25) is 0 Å². The van der Waals surface area contributed by atoms with E-state index in [2.05, 4.69) is 13.8 Å². The lowest BCUT2D eigenvalue weighted by molar-refractivity contribution is 0.0729. The molecule has 0 spiro atoms. The number of carbonyl (C=O) groups excluding carboxylic acids is 1. The van der Waals surface area contributed by atoms with E-state index >= 15 is 0 Å². The van der Waals surface area contributed by atoms with Crippen LogP contribution in [0.1, 0.15) is 42.1 Å². The van der Waals surface area contributed by atoms with E-state index in [4.69, 9.17) is 4.74 Å². The van der Waals surface area contributed by atoms with Crippen LogP contribution in [0.4, 0.5) is 0 Å². The van der Waals surface area contributed by atoms with Crippen molar-refractivity contribution in [2.75, 3.05) is 0 Å². The quantitative estimate of drug-likeness (QED) is 0.671. The van der Waals surface area contributed by atoms with E-state index in [0.29, 0.717) is 11.5 Å². The van der Waals surface area contributed by atoms with Gasteiger partial charge in [-0.05, 0) is 42.2 Å². The van der Waals surface area contributed by atoms with E-state index in [1.165, 1.54) is 0 Å². The Morgan fingerprint density at radius 2 is 1.90 bits per heavy atom. The maximum Gasteiger partial charge on any atom is 0.343 e. The Balaban J connectivity index is 2.16. The first kappa shape index (κ1) is 14.1. The summed E-state index contributed by atoms with van der Waals surface area (Å²) < 4.78 is 5.21. The molecule has 1 unspecified atom stereocenters. The van der Waals surface area contributed by atoms with Crippen LogP contribution in [-0.4, -0.2) is 11.1 Å². The Kier molecular flexibility index (Phi) is 4.41. The van der Waals surface area contributed by atoms with Gasteiger partial charge in [0.1, 0.15) is 0 Å². The monoisotopic (exact) mass is 270 g/mol. The number of phenolic OH excluding ortho intramolecular Hbond substituents is 1. The van der Waals surface area contributed by atoms with Gasteiger partial charge in [-0.3, -0.25) is 0 Å². The molecule has 0 aliphatic carbocycles. The second-order valence-corrected chi connectivity index (χ2v) is 4.79. The topological polar surface area (TPSA) is 46.5 Å². The Morgan fingerprint density at radius 3 is 2.50 bits per heavy atom. The summed E-state index contributed by atoms with van der Waals surface area (Å²) in [7, 11) is 0. The number of aromatic hydroxyl groups is 1. The zero-order chi connectivity index (χ0) is 14.5. The molecular weight excluding hydrogens is 252 g/mol. The maximum atomic E-state index is 11.9. The number of phenols is 1. The molecule has 0 heterocycles. The standard InChI is InChI=1S/C17H18O3/c1-3-12(2)14-9-10-16(15(18)11-14)20-17(19)13-7-5-4-6-8-13/h4-12,18H,3H2,1-2H3. The zero-order valence-corrected chi connectivity index (χ0v) is 11.7. The molecule has 2 rings (SSSR count). The van der Waals surface area contributed by atoms with Gasteiger partial charge in [0.25, 0.3) is 0 Å². The van der Waals surface area contributed by atoms with Crippen molar-refractivity contribution in [3.05, 3.63) is 59.7 Å². The molecule has 1 atom stereocenters. The molecule has 0 aliphatic heterocycles. The largest absolute Gasteiger partial charge is 0.504 e. The van der Waals surface area contributed by atoms with Gasteiger partial charge >= 0.3 is 5.97 Å². The fourth-order valence-corrected chi connectivity index (χ4v) is 1.90. The minimum Gasteiger partial charge on any atom is -0.504 e. The fraction of sp³-hybridized carbons (Fsp3) is 0.235. The van der Waals surface area contributed by atoms with E-state index < -0.39 is 5.97 Å². The molecule has 0 radical (unpaired) electrons. The van der Waals surface area contributed by atoms with Gasteiger partial charge in [-0.2, -0.15) is 0 Å². The molecule has 0 amide bonds. The number of carbonyl (C=O) groups is 1. The molecule has 0 saturated heterocycles. The number of hydrogen-bond acceptors (Lipinski definition) is 3. The van der Waals surface area contributed by atoms with Gasteiger partial charge in [0.15, 0.2) is 11.5 Å². The van der Waals surface area contributed by atoms with Gasteiger partial charge in [-0.1, -0.05) is 38.1 Å². The summed E-state index contributed by atoms with van der Waals surface area (Å²) in [6, 6.07) is 13.9.